The predicted molar refractivity (Wildman–Crippen MR) is 222 cm³/mol. The van der Waals surface area contributed by atoms with E-state index in [4.69, 9.17) is 0 Å². The first-order chi connectivity index (χ1) is 25.5. The Morgan fingerprint density at radius 3 is 1.35 bits per heavy atom. The molecule has 0 amide bonds. The molecule has 0 N–H and O–H groups in total. The van der Waals surface area contributed by atoms with Gasteiger partial charge < -0.3 is 4.90 Å². The van der Waals surface area contributed by atoms with Crippen LogP contribution in [0, 0.1) is 0 Å². The van der Waals surface area contributed by atoms with Gasteiger partial charge in [0.25, 0.3) is 0 Å². The molecule has 1 aliphatic carbocycles. The van der Waals surface area contributed by atoms with Crippen molar-refractivity contribution >= 4 is 39.5 Å². The van der Waals surface area contributed by atoms with Gasteiger partial charge in [-0.15, -0.1) is 0 Å². The molecule has 0 atom stereocenters. The largest absolute Gasteiger partial charge is 0.311 e. The number of rotatable bonds is 7. The maximum Gasteiger partial charge on any atom is 0.0462 e. The molecule has 0 heterocycles. The van der Waals surface area contributed by atoms with Crippen LogP contribution in [-0.2, 0) is 5.41 Å². The van der Waals surface area contributed by atoms with E-state index in [1.54, 1.807) is 0 Å². The highest BCUT2D eigenvalue weighted by atomic mass is 15.1. The zero-order valence-corrected chi connectivity index (χ0v) is 29.5. The average molecular weight is 666 g/mol. The SMILES string of the molecule is CC1(C)C(c2ccc(-c3ccc(N(c4ccc(-c5ccccc5)cc4)c4ccc(-c5ccc6ccccc6c5)cc4)cc3)cc2)=Cc2ccccc21. The van der Waals surface area contributed by atoms with Crippen molar-refractivity contribution < 1.29 is 0 Å². The summed E-state index contributed by atoms with van der Waals surface area (Å²) >= 11 is 0. The highest BCUT2D eigenvalue weighted by Crippen LogP contribution is 2.46. The molecule has 0 unspecified atom stereocenters. The van der Waals surface area contributed by atoms with Gasteiger partial charge in [0.05, 0.1) is 0 Å². The van der Waals surface area contributed by atoms with E-state index in [1.807, 2.05) is 0 Å². The molecule has 1 aliphatic rings. The van der Waals surface area contributed by atoms with Crippen molar-refractivity contribution in [3.63, 3.8) is 0 Å². The molecule has 1 nitrogen and oxygen atoms in total. The summed E-state index contributed by atoms with van der Waals surface area (Å²) in [4.78, 5) is 2.35. The van der Waals surface area contributed by atoms with Gasteiger partial charge in [-0.05, 0) is 115 Å². The standard InChI is InChI=1S/C51H39N/c1-51(2)49-15-9-8-14-45(49)35-50(51)42-19-16-38(17-20-42)40-24-30-47(31-25-40)52(46-28-22-39(23-29-46)36-10-4-3-5-11-36)48-32-26-41(27-33-48)44-21-18-37-12-6-7-13-43(37)34-44/h3-35H,1-2H3. The smallest absolute Gasteiger partial charge is 0.0462 e. The Bertz CT molecular complexity index is 2540. The fourth-order valence-corrected chi connectivity index (χ4v) is 7.82. The molecule has 248 valence electrons. The third kappa shape index (κ3) is 5.81. The number of hydrogen-bond acceptors (Lipinski definition) is 1. The number of benzene rings is 8. The first-order valence-electron chi connectivity index (χ1n) is 18.1. The summed E-state index contributed by atoms with van der Waals surface area (Å²) < 4.78 is 0. The summed E-state index contributed by atoms with van der Waals surface area (Å²) in [5.74, 6) is 0. The van der Waals surface area contributed by atoms with E-state index in [9.17, 15) is 0 Å². The van der Waals surface area contributed by atoms with Crippen molar-refractivity contribution in [1.29, 1.82) is 0 Å². The van der Waals surface area contributed by atoms with Crippen LogP contribution in [0.3, 0.4) is 0 Å². The van der Waals surface area contributed by atoms with E-state index in [0.717, 1.165) is 17.1 Å². The molecule has 9 rings (SSSR count). The zero-order chi connectivity index (χ0) is 35.1. The minimum Gasteiger partial charge on any atom is -0.311 e. The summed E-state index contributed by atoms with van der Waals surface area (Å²) in [6.45, 7) is 4.66. The zero-order valence-electron chi connectivity index (χ0n) is 29.5. The van der Waals surface area contributed by atoms with Crippen LogP contribution >= 0.6 is 0 Å². The Morgan fingerprint density at radius 1 is 0.346 bits per heavy atom. The summed E-state index contributed by atoms with van der Waals surface area (Å²) in [6.07, 6.45) is 2.36. The second kappa shape index (κ2) is 13.0. The molecule has 0 radical (unpaired) electrons. The molecule has 52 heavy (non-hydrogen) atoms. The summed E-state index contributed by atoms with van der Waals surface area (Å²) in [6, 6.07) is 70.4. The molecule has 0 saturated carbocycles. The van der Waals surface area contributed by atoms with E-state index >= 15 is 0 Å². The van der Waals surface area contributed by atoms with Crippen LogP contribution in [0.2, 0.25) is 0 Å². The van der Waals surface area contributed by atoms with Gasteiger partial charge in [-0.2, -0.15) is 0 Å². The monoisotopic (exact) mass is 665 g/mol. The molecular weight excluding hydrogens is 627 g/mol. The molecule has 8 aromatic carbocycles. The summed E-state index contributed by atoms with van der Waals surface area (Å²) in [7, 11) is 0. The number of hydrogen-bond donors (Lipinski definition) is 0. The first-order valence-corrected chi connectivity index (χ1v) is 18.1. The van der Waals surface area contributed by atoms with Crippen molar-refractivity contribution in [3.05, 3.63) is 211 Å². The van der Waals surface area contributed by atoms with Gasteiger partial charge in [0, 0.05) is 22.5 Å². The molecule has 8 aromatic rings. The van der Waals surface area contributed by atoms with Crippen LogP contribution in [0.4, 0.5) is 17.1 Å². The van der Waals surface area contributed by atoms with Crippen LogP contribution in [0.25, 0.3) is 55.8 Å². The fourth-order valence-electron chi connectivity index (χ4n) is 7.82. The third-order valence-corrected chi connectivity index (χ3v) is 10.7. The molecule has 0 aromatic heterocycles. The molecule has 0 bridgehead atoms. The van der Waals surface area contributed by atoms with Crippen LogP contribution in [-0.4, -0.2) is 0 Å². The lowest BCUT2D eigenvalue weighted by molar-refractivity contribution is 0.704. The third-order valence-electron chi connectivity index (χ3n) is 10.7. The normalized spacial score (nSPS) is 13.1. The lowest BCUT2D eigenvalue weighted by atomic mass is 9.78. The van der Waals surface area contributed by atoms with Crippen molar-refractivity contribution in [2.75, 3.05) is 4.90 Å². The van der Waals surface area contributed by atoms with Gasteiger partial charge in [0.15, 0.2) is 0 Å². The molecule has 1 heteroatoms. The first kappa shape index (κ1) is 31.5. The van der Waals surface area contributed by atoms with Crippen molar-refractivity contribution in [1.82, 2.24) is 0 Å². The topological polar surface area (TPSA) is 3.24 Å². The Labute approximate surface area is 306 Å². The highest BCUT2D eigenvalue weighted by Gasteiger charge is 2.33. The van der Waals surface area contributed by atoms with Crippen LogP contribution in [0.15, 0.2) is 194 Å². The van der Waals surface area contributed by atoms with E-state index in [1.165, 1.54) is 66.4 Å². The lowest BCUT2D eigenvalue weighted by Crippen LogP contribution is -2.16. The Hall–Kier alpha value is -6.44. The number of nitrogens with zero attached hydrogens (tertiary/aromatic N) is 1. The van der Waals surface area contributed by atoms with Gasteiger partial charge >= 0.3 is 0 Å². The van der Waals surface area contributed by atoms with E-state index < -0.39 is 0 Å². The number of anilines is 3. The number of fused-ring (bicyclic) bond motifs is 2. The van der Waals surface area contributed by atoms with Crippen molar-refractivity contribution in [3.8, 4) is 33.4 Å². The molecular formula is C51H39N. The second-order valence-electron chi connectivity index (χ2n) is 14.3. The summed E-state index contributed by atoms with van der Waals surface area (Å²) in [5.41, 5.74) is 15.9. The number of allylic oxidation sites excluding steroid dienone is 1. The molecule has 0 fully saturated rings. The van der Waals surface area contributed by atoms with E-state index in [2.05, 4.69) is 219 Å². The minimum atomic E-state index is -0.0177. The average Bonchev–Trinajstić information content (AvgIpc) is 3.49. The van der Waals surface area contributed by atoms with Crippen LogP contribution < -0.4 is 4.90 Å². The van der Waals surface area contributed by atoms with E-state index in [-0.39, 0.29) is 5.41 Å². The van der Waals surface area contributed by atoms with E-state index in [0.29, 0.717) is 0 Å². The Morgan fingerprint density at radius 2 is 0.769 bits per heavy atom. The minimum absolute atomic E-state index is 0.0177. The van der Waals surface area contributed by atoms with Crippen molar-refractivity contribution in [2.45, 2.75) is 19.3 Å². The van der Waals surface area contributed by atoms with Crippen LogP contribution in [0.1, 0.15) is 30.5 Å². The Kier molecular flexibility index (Phi) is 7.90. The predicted octanol–water partition coefficient (Wildman–Crippen LogP) is 14.1. The van der Waals surface area contributed by atoms with Gasteiger partial charge in [-0.3, -0.25) is 0 Å². The Balaban J connectivity index is 1.03. The molecule has 0 saturated heterocycles. The molecule has 0 spiro atoms. The maximum absolute atomic E-state index is 2.36. The maximum atomic E-state index is 2.36. The van der Waals surface area contributed by atoms with Crippen molar-refractivity contribution in [2.24, 2.45) is 0 Å². The summed E-state index contributed by atoms with van der Waals surface area (Å²) in [5, 5.41) is 2.51. The van der Waals surface area contributed by atoms with Gasteiger partial charge in [0.1, 0.15) is 0 Å². The van der Waals surface area contributed by atoms with Gasteiger partial charge in [-0.1, -0.05) is 166 Å². The fraction of sp³-hybridized carbons (Fsp3) is 0.0588. The van der Waals surface area contributed by atoms with Gasteiger partial charge in [-0.25, -0.2) is 0 Å². The van der Waals surface area contributed by atoms with Crippen LogP contribution in [0.5, 0.6) is 0 Å². The second-order valence-corrected chi connectivity index (χ2v) is 14.3. The molecule has 0 aliphatic heterocycles. The van der Waals surface area contributed by atoms with Gasteiger partial charge in [0.2, 0.25) is 0 Å². The highest BCUT2D eigenvalue weighted by molar-refractivity contribution is 5.94. The lowest BCUT2D eigenvalue weighted by Gasteiger charge is -2.26. The quantitative estimate of drug-likeness (QED) is 0.164.